The highest BCUT2D eigenvalue weighted by atomic mass is 35.5. The van der Waals surface area contributed by atoms with Crippen LogP contribution in [0.4, 0.5) is 11.4 Å². The molecule has 0 saturated carbocycles. The van der Waals surface area contributed by atoms with E-state index in [9.17, 15) is 19.2 Å². The number of ketones is 1. The Morgan fingerprint density at radius 1 is 0.721 bits per heavy atom. The van der Waals surface area contributed by atoms with E-state index in [1.807, 2.05) is 47.4 Å². The molecule has 4 atom stereocenters. The summed E-state index contributed by atoms with van der Waals surface area (Å²) in [5.74, 6) is -3.48. The number of fused-ring (bicyclic) bond motifs is 5. The van der Waals surface area contributed by atoms with Gasteiger partial charge in [-0.15, -0.1) is 0 Å². The van der Waals surface area contributed by atoms with Gasteiger partial charge in [-0.2, -0.15) is 0 Å². The fourth-order valence-electron chi connectivity index (χ4n) is 6.29. The summed E-state index contributed by atoms with van der Waals surface area (Å²) < 4.78 is 5.83. The predicted octanol–water partition coefficient (Wildman–Crippen LogP) is 6.22. The van der Waals surface area contributed by atoms with Crippen molar-refractivity contribution in [1.82, 2.24) is 0 Å². The van der Waals surface area contributed by atoms with Gasteiger partial charge in [-0.1, -0.05) is 83.9 Å². The molecule has 2 fully saturated rings. The van der Waals surface area contributed by atoms with Crippen LogP contribution in [0.2, 0.25) is 10.0 Å². The molecule has 212 valence electrons. The number of para-hydroxylation sites is 1. The van der Waals surface area contributed by atoms with E-state index in [-0.39, 0.29) is 22.2 Å². The molecule has 0 aromatic heterocycles. The van der Waals surface area contributed by atoms with E-state index >= 15 is 0 Å². The van der Waals surface area contributed by atoms with Gasteiger partial charge in [0.25, 0.3) is 0 Å². The van der Waals surface area contributed by atoms with Crippen molar-refractivity contribution in [2.75, 3.05) is 9.80 Å². The predicted molar refractivity (Wildman–Crippen MR) is 163 cm³/mol. The second-order valence-electron chi connectivity index (χ2n) is 10.6. The molecular weight excluding hydrogens is 587 g/mol. The maximum absolute atomic E-state index is 14.0. The van der Waals surface area contributed by atoms with Crippen molar-refractivity contribution >= 4 is 64.2 Å². The van der Waals surface area contributed by atoms with Crippen LogP contribution in [0, 0.1) is 11.8 Å². The first-order valence-corrected chi connectivity index (χ1v) is 14.4. The Morgan fingerprint density at radius 2 is 1.40 bits per heavy atom. The quantitative estimate of drug-likeness (QED) is 0.116. The molecule has 2 amide bonds. The van der Waals surface area contributed by atoms with Gasteiger partial charge >= 0.3 is 5.97 Å². The maximum atomic E-state index is 14.0. The van der Waals surface area contributed by atoms with Crippen molar-refractivity contribution in [3.05, 3.63) is 130 Å². The summed E-state index contributed by atoms with van der Waals surface area (Å²) in [7, 11) is 0. The molecule has 0 N–H and O–H groups in total. The highest BCUT2D eigenvalue weighted by Gasteiger charge is 2.65. The standard InChI is InChI=1S/C34H22Cl2N2O5/c35-22-13-17-26(24(36)18-22)38-32(40)28-27-16-12-19-6-4-5-9-25(19)37(27)30(29(28)33(38)41)34(42)43-23-14-10-21(11-15-23)31(39)20-7-2-1-3-8-20/h1-18,27-30H/t27-,28-,29-,30+/m1/s1. The van der Waals surface area contributed by atoms with E-state index < -0.39 is 41.7 Å². The van der Waals surface area contributed by atoms with Gasteiger partial charge in [0.2, 0.25) is 11.8 Å². The number of hydrogen-bond donors (Lipinski definition) is 0. The van der Waals surface area contributed by atoms with Crippen LogP contribution in [0.1, 0.15) is 21.5 Å². The summed E-state index contributed by atoms with van der Waals surface area (Å²) in [6.45, 7) is 0. The number of esters is 1. The fourth-order valence-corrected chi connectivity index (χ4v) is 6.78. The number of amides is 2. The lowest BCUT2D eigenvalue weighted by atomic mass is 9.89. The third-order valence-electron chi connectivity index (χ3n) is 8.18. The molecule has 4 aromatic carbocycles. The molecule has 2 saturated heterocycles. The summed E-state index contributed by atoms with van der Waals surface area (Å²) in [5.41, 5.74) is 2.79. The lowest BCUT2D eigenvalue weighted by Crippen LogP contribution is -2.50. The Labute approximate surface area is 256 Å². The van der Waals surface area contributed by atoms with Crippen molar-refractivity contribution in [2.45, 2.75) is 12.1 Å². The zero-order valence-corrected chi connectivity index (χ0v) is 23.9. The van der Waals surface area contributed by atoms with Crippen molar-refractivity contribution in [3.63, 3.8) is 0 Å². The van der Waals surface area contributed by atoms with Gasteiger partial charge in [-0.05, 0) is 54.1 Å². The summed E-state index contributed by atoms with van der Waals surface area (Å²) >= 11 is 12.5. The minimum Gasteiger partial charge on any atom is -0.425 e. The molecule has 0 spiro atoms. The molecule has 3 aliphatic rings. The Hall–Kier alpha value is -4.72. The average molecular weight is 609 g/mol. The van der Waals surface area contributed by atoms with Crippen LogP contribution < -0.4 is 14.5 Å². The lowest BCUT2D eigenvalue weighted by Gasteiger charge is -2.36. The molecule has 7 nitrogen and oxygen atoms in total. The van der Waals surface area contributed by atoms with Gasteiger partial charge in [0.15, 0.2) is 5.78 Å². The minimum absolute atomic E-state index is 0.153. The van der Waals surface area contributed by atoms with Crippen molar-refractivity contribution in [2.24, 2.45) is 11.8 Å². The van der Waals surface area contributed by atoms with Gasteiger partial charge < -0.3 is 9.64 Å². The molecule has 7 rings (SSSR count). The average Bonchev–Trinajstić information content (AvgIpc) is 3.50. The van der Waals surface area contributed by atoms with E-state index in [4.69, 9.17) is 27.9 Å². The van der Waals surface area contributed by atoms with Gasteiger partial charge in [-0.3, -0.25) is 14.4 Å². The molecule has 0 unspecified atom stereocenters. The number of benzene rings is 4. The Bertz CT molecular complexity index is 1840. The molecule has 3 heterocycles. The number of nitrogens with zero attached hydrogens (tertiary/aromatic N) is 2. The maximum Gasteiger partial charge on any atom is 0.335 e. The van der Waals surface area contributed by atoms with Crippen LogP contribution in [-0.4, -0.2) is 35.7 Å². The van der Waals surface area contributed by atoms with Crippen LogP contribution in [0.3, 0.4) is 0 Å². The van der Waals surface area contributed by atoms with Gasteiger partial charge in [0.1, 0.15) is 11.8 Å². The topological polar surface area (TPSA) is 84.0 Å². The van der Waals surface area contributed by atoms with Gasteiger partial charge in [0.05, 0.1) is 28.6 Å². The largest absolute Gasteiger partial charge is 0.425 e. The van der Waals surface area contributed by atoms with Gasteiger partial charge in [-0.25, -0.2) is 9.69 Å². The monoisotopic (exact) mass is 608 g/mol. The molecule has 3 aliphatic heterocycles. The number of carbonyl (C=O) groups is 4. The number of anilines is 2. The number of carbonyl (C=O) groups excluding carboxylic acids is 4. The van der Waals surface area contributed by atoms with E-state index in [1.54, 1.807) is 54.6 Å². The minimum atomic E-state index is -1.10. The van der Waals surface area contributed by atoms with E-state index in [0.29, 0.717) is 16.1 Å². The van der Waals surface area contributed by atoms with Crippen LogP contribution >= 0.6 is 23.2 Å². The van der Waals surface area contributed by atoms with Crippen molar-refractivity contribution in [1.29, 1.82) is 0 Å². The van der Waals surface area contributed by atoms with E-state index in [1.165, 1.54) is 12.1 Å². The van der Waals surface area contributed by atoms with Crippen LogP contribution in [0.15, 0.2) is 103 Å². The first-order chi connectivity index (χ1) is 20.8. The molecular formula is C34H22Cl2N2O5. The van der Waals surface area contributed by atoms with Crippen molar-refractivity contribution in [3.8, 4) is 5.75 Å². The second-order valence-corrected chi connectivity index (χ2v) is 11.4. The third kappa shape index (κ3) is 4.44. The normalized spacial score (nSPS) is 21.8. The zero-order valence-electron chi connectivity index (χ0n) is 22.4. The first kappa shape index (κ1) is 27.1. The highest BCUT2D eigenvalue weighted by molar-refractivity contribution is 6.38. The number of hydrogen-bond acceptors (Lipinski definition) is 6. The SMILES string of the molecule is O=C(c1ccccc1)c1ccc(OC(=O)[C@@H]2[C@@H]3C(=O)N(c4ccc(Cl)cc4Cl)C(=O)[C@@H]3[C@H]3C=Cc4ccccc4N32)cc1. The molecule has 0 aliphatic carbocycles. The zero-order chi connectivity index (χ0) is 29.8. The number of ether oxygens (including phenoxy) is 1. The summed E-state index contributed by atoms with van der Waals surface area (Å²) in [4.78, 5) is 57.6. The number of halogens is 2. The number of rotatable bonds is 5. The highest BCUT2D eigenvalue weighted by Crippen LogP contribution is 2.50. The van der Waals surface area contributed by atoms with Crippen LogP contribution in [-0.2, 0) is 14.4 Å². The second kappa shape index (κ2) is 10.5. The summed E-state index contributed by atoms with van der Waals surface area (Å²) in [6, 6.07) is 25.5. The molecule has 9 heteroatoms. The Kier molecular flexibility index (Phi) is 6.64. The third-order valence-corrected chi connectivity index (χ3v) is 8.72. The molecule has 0 radical (unpaired) electrons. The lowest BCUT2D eigenvalue weighted by molar-refractivity contribution is -0.139. The summed E-state index contributed by atoms with van der Waals surface area (Å²) in [5, 5.41) is 0.517. The Morgan fingerprint density at radius 3 is 2.14 bits per heavy atom. The van der Waals surface area contributed by atoms with Crippen LogP contribution in [0.5, 0.6) is 5.75 Å². The van der Waals surface area contributed by atoms with Gasteiger partial charge in [0, 0.05) is 21.8 Å². The van der Waals surface area contributed by atoms with Crippen LogP contribution in [0.25, 0.3) is 6.08 Å². The first-order valence-electron chi connectivity index (χ1n) is 13.6. The molecule has 43 heavy (non-hydrogen) atoms. The number of imide groups is 1. The van der Waals surface area contributed by atoms with E-state index in [2.05, 4.69) is 0 Å². The fraction of sp³-hybridized carbons (Fsp3) is 0.118. The molecule has 0 bridgehead atoms. The molecule has 4 aromatic rings. The van der Waals surface area contributed by atoms with E-state index in [0.717, 1.165) is 16.2 Å². The smallest absolute Gasteiger partial charge is 0.335 e. The summed E-state index contributed by atoms with van der Waals surface area (Å²) in [6.07, 6.45) is 3.76. The van der Waals surface area contributed by atoms with Crippen molar-refractivity contribution < 1.29 is 23.9 Å². The Balaban J connectivity index is 1.23.